The predicted octanol–water partition coefficient (Wildman–Crippen LogP) is 2.11. The van der Waals surface area contributed by atoms with Crippen LogP contribution >= 0.6 is 11.8 Å². The van der Waals surface area contributed by atoms with Gasteiger partial charge in [-0.2, -0.15) is 11.8 Å². The van der Waals surface area contributed by atoms with Crippen molar-refractivity contribution >= 4 is 17.5 Å². The Balaban J connectivity index is 2.51. The van der Waals surface area contributed by atoms with E-state index >= 15 is 0 Å². The molecule has 0 saturated heterocycles. The van der Waals surface area contributed by atoms with Crippen molar-refractivity contribution in [3.63, 3.8) is 0 Å². The van der Waals surface area contributed by atoms with E-state index in [4.69, 9.17) is 5.21 Å². The molecule has 1 aromatic rings. The Kier molecular flexibility index (Phi) is 2.04. The summed E-state index contributed by atoms with van der Waals surface area (Å²) >= 11 is 1.78. The molecular formula is C9H9NOS. The van der Waals surface area contributed by atoms with Crippen molar-refractivity contribution in [2.75, 3.05) is 5.75 Å². The van der Waals surface area contributed by atoms with Crippen molar-refractivity contribution in [2.24, 2.45) is 5.16 Å². The van der Waals surface area contributed by atoms with E-state index in [2.05, 4.69) is 11.2 Å². The highest BCUT2D eigenvalue weighted by Crippen LogP contribution is 2.24. The highest BCUT2D eigenvalue weighted by atomic mass is 32.2. The standard InChI is InChI=1S/C9H9NOS/c11-10-9-6-12-5-7-3-1-2-4-8(7)9/h1-4,11H,5-6H2/b10-9-. The topological polar surface area (TPSA) is 32.6 Å². The summed E-state index contributed by atoms with van der Waals surface area (Å²) in [5, 5.41) is 12.0. The number of benzene rings is 1. The zero-order valence-electron chi connectivity index (χ0n) is 6.53. The summed E-state index contributed by atoms with van der Waals surface area (Å²) in [6, 6.07) is 8.07. The quantitative estimate of drug-likeness (QED) is 0.488. The highest BCUT2D eigenvalue weighted by molar-refractivity contribution is 7.99. The minimum Gasteiger partial charge on any atom is -0.411 e. The van der Waals surface area contributed by atoms with Crippen molar-refractivity contribution in [1.82, 2.24) is 0 Å². The van der Waals surface area contributed by atoms with Gasteiger partial charge in [-0.25, -0.2) is 0 Å². The molecule has 1 aliphatic heterocycles. The zero-order valence-corrected chi connectivity index (χ0v) is 7.34. The summed E-state index contributed by atoms with van der Waals surface area (Å²) in [7, 11) is 0. The summed E-state index contributed by atoms with van der Waals surface area (Å²) in [6.45, 7) is 0. The van der Waals surface area contributed by atoms with E-state index in [1.54, 1.807) is 11.8 Å². The molecule has 3 heteroatoms. The highest BCUT2D eigenvalue weighted by Gasteiger charge is 2.14. The Labute approximate surface area is 75.3 Å². The second-order valence-electron chi connectivity index (χ2n) is 2.70. The average Bonchev–Trinajstić information content (AvgIpc) is 2.17. The van der Waals surface area contributed by atoms with Crippen molar-refractivity contribution < 1.29 is 5.21 Å². The van der Waals surface area contributed by atoms with Gasteiger partial charge < -0.3 is 5.21 Å². The molecule has 1 aromatic carbocycles. The van der Waals surface area contributed by atoms with Gasteiger partial charge in [-0.05, 0) is 5.56 Å². The molecule has 2 rings (SSSR count). The third kappa shape index (κ3) is 1.20. The van der Waals surface area contributed by atoms with Crippen molar-refractivity contribution in [3.05, 3.63) is 35.4 Å². The maximum atomic E-state index is 8.71. The molecule has 0 amide bonds. The Morgan fingerprint density at radius 1 is 1.25 bits per heavy atom. The SMILES string of the molecule is O/N=C1/CSCc2ccccc21. The number of hydrogen-bond acceptors (Lipinski definition) is 3. The van der Waals surface area contributed by atoms with Gasteiger partial charge in [0.25, 0.3) is 0 Å². The normalized spacial score (nSPS) is 19.2. The Morgan fingerprint density at radius 3 is 2.92 bits per heavy atom. The number of nitrogens with zero attached hydrogens (tertiary/aromatic N) is 1. The summed E-state index contributed by atoms with van der Waals surface area (Å²) in [4.78, 5) is 0. The van der Waals surface area contributed by atoms with Gasteiger partial charge >= 0.3 is 0 Å². The van der Waals surface area contributed by atoms with Crippen LogP contribution < -0.4 is 0 Å². The lowest BCUT2D eigenvalue weighted by atomic mass is 10.1. The number of thioether (sulfide) groups is 1. The number of oxime groups is 1. The Hall–Kier alpha value is -0.960. The maximum absolute atomic E-state index is 8.71. The lowest BCUT2D eigenvalue weighted by Crippen LogP contribution is -2.12. The zero-order chi connectivity index (χ0) is 8.39. The van der Waals surface area contributed by atoms with Gasteiger partial charge in [-0.3, -0.25) is 0 Å². The second kappa shape index (κ2) is 3.19. The fourth-order valence-corrected chi connectivity index (χ4v) is 2.33. The molecule has 0 spiro atoms. The van der Waals surface area contributed by atoms with Crippen LogP contribution in [0.25, 0.3) is 0 Å². The van der Waals surface area contributed by atoms with Gasteiger partial charge in [-0.1, -0.05) is 29.4 Å². The van der Waals surface area contributed by atoms with E-state index in [1.165, 1.54) is 5.56 Å². The maximum Gasteiger partial charge on any atom is 0.0969 e. The van der Waals surface area contributed by atoms with E-state index < -0.39 is 0 Å². The molecule has 0 aromatic heterocycles. The van der Waals surface area contributed by atoms with Crippen LogP contribution in [0, 0.1) is 0 Å². The third-order valence-corrected chi connectivity index (χ3v) is 2.94. The minimum atomic E-state index is 0.793. The van der Waals surface area contributed by atoms with Crippen molar-refractivity contribution in [1.29, 1.82) is 0 Å². The average molecular weight is 179 g/mol. The first-order valence-electron chi connectivity index (χ1n) is 3.79. The molecule has 0 saturated carbocycles. The van der Waals surface area contributed by atoms with Crippen LogP contribution in [-0.2, 0) is 5.75 Å². The molecule has 1 heterocycles. The molecule has 0 bridgehead atoms. The number of fused-ring (bicyclic) bond motifs is 1. The largest absolute Gasteiger partial charge is 0.411 e. The number of hydrogen-bond donors (Lipinski definition) is 1. The van der Waals surface area contributed by atoms with Crippen LogP contribution in [-0.4, -0.2) is 16.7 Å². The third-order valence-electron chi connectivity index (χ3n) is 1.95. The fraction of sp³-hybridized carbons (Fsp3) is 0.222. The summed E-state index contributed by atoms with van der Waals surface area (Å²) in [6.07, 6.45) is 0. The van der Waals surface area contributed by atoms with E-state index in [1.807, 2.05) is 18.2 Å². The Morgan fingerprint density at radius 2 is 2.08 bits per heavy atom. The summed E-state index contributed by atoms with van der Waals surface area (Å²) in [5.41, 5.74) is 3.15. The molecule has 0 atom stereocenters. The van der Waals surface area contributed by atoms with Crippen molar-refractivity contribution in [2.45, 2.75) is 5.75 Å². The second-order valence-corrected chi connectivity index (χ2v) is 3.68. The van der Waals surface area contributed by atoms with Gasteiger partial charge in [0.1, 0.15) is 0 Å². The number of rotatable bonds is 0. The first-order valence-corrected chi connectivity index (χ1v) is 4.94. The van der Waals surface area contributed by atoms with Gasteiger partial charge in [0.15, 0.2) is 0 Å². The molecular weight excluding hydrogens is 170 g/mol. The van der Waals surface area contributed by atoms with Crippen molar-refractivity contribution in [3.8, 4) is 0 Å². The predicted molar refractivity (Wildman–Crippen MR) is 50.9 cm³/mol. The van der Waals surface area contributed by atoms with E-state index in [-0.39, 0.29) is 0 Å². The van der Waals surface area contributed by atoms with Gasteiger partial charge in [-0.15, -0.1) is 0 Å². The Bertz CT molecular complexity index is 322. The summed E-state index contributed by atoms with van der Waals surface area (Å²) in [5.74, 6) is 1.84. The van der Waals surface area contributed by atoms with E-state index in [0.29, 0.717) is 0 Å². The van der Waals surface area contributed by atoms with Crippen LogP contribution in [0.1, 0.15) is 11.1 Å². The lowest BCUT2D eigenvalue weighted by molar-refractivity contribution is 0.319. The fourth-order valence-electron chi connectivity index (χ4n) is 1.35. The first-order chi connectivity index (χ1) is 5.92. The van der Waals surface area contributed by atoms with E-state index in [0.717, 1.165) is 22.8 Å². The van der Waals surface area contributed by atoms with Gasteiger partial charge in [0.2, 0.25) is 0 Å². The molecule has 0 unspecified atom stereocenters. The first kappa shape index (κ1) is 7.68. The van der Waals surface area contributed by atoms with Crippen LogP contribution in [0.5, 0.6) is 0 Å². The smallest absolute Gasteiger partial charge is 0.0969 e. The van der Waals surface area contributed by atoms with Crippen LogP contribution in [0.4, 0.5) is 0 Å². The lowest BCUT2D eigenvalue weighted by Gasteiger charge is -2.15. The summed E-state index contributed by atoms with van der Waals surface area (Å²) < 4.78 is 0. The van der Waals surface area contributed by atoms with Crippen LogP contribution in [0.3, 0.4) is 0 Å². The van der Waals surface area contributed by atoms with Gasteiger partial charge in [0, 0.05) is 17.1 Å². The minimum absolute atomic E-state index is 0.793. The van der Waals surface area contributed by atoms with Crippen LogP contribution in [0.2, 0.25) is 0 Å². The monoisotopic (exact) mass is 179 g/mol. The molecule has 0 radical (unpaired) electrons. The molecule has 2 nitrogen and oxygen atoms in total. The molecule has 1 aliphatic rings. The van der Waals surface area contributed by atoms with Crippen LogP contribution in [0.15, 0.2) is 29.4 Å². The molecule has 1 N–H and O–H groups in total. The molecule has 0 aliphatic carbocycles. The van der Waals surface area contributed by atoms with Gasteiger partial charge in [0.05, 0.1) is 5.71 Å². The molecule has 62 valence electrons. The van der Waals surface area contributed by atoms with E-state index in [9.17, 15) is 0 Å². The molecule has 0 fully saturated rings. The molecule has 12 heavy (non-hydrogen) atoms.